The Balaban J connectivity index is 2.02. The molecule has 0 aliphatic carbocycles. The molecular formula is C12H16N2O2. The Morgan fingerprint density at radius 1 is 1.31 bits per heavy atom. The molecule has 0 saturated heterocycles. The van der Waals surface area contributed by atoms with Crippen molar-refractivity contribution in [1.82, 2.24) is 10.5 Å². The van der Waals surface area contributed by atoms with Crippen molar-refractivity contribution in [1.29, 1.82) is 0 Å². The van der Waals surface area contributed by atoms with Crippen LogP contribution in [0.5, 0.6) is 0 Å². The molecule has 2 aromatic heterocycles. The second-order valence-corrected chi connectivity index (χ2v) is 3.77. The second kappa shape index (κ2) is 4.99. The van der Waals surface area contributed by atoms with Gasteiger partial charge in [-0.1, -0.05) is 12.1 Å². The molecule has 2 aromatic rings. The molecule has 16 heavy (non-hydrogen) atoms. The van der Waals surface area contributed by atoms with E-state index in [1.165, 1.54) is 0 Å². The molecule has 4 nitrogen and oxygen atoms in total. The number of aryl methyl sites for hydroxylation is 1. The van der Waals surface area contributed by atoms with Crippen molar-refractivity contribution in [3.05, 3.63) is 29.7 Å². The fourth-order valence-corrected chi connectivity index (χ4v) is 1.47. The monoisotopic (exact) mass is 220 g/mol. The molecule has 0 amide bonds. The van der Waals surface area contributed by atoms with E-state index in [2.05, 4.69) is 17.4 Å². The van der Waals surface area contributed by atoms with Gasteiger partial charge in [-0.3, -0.25) is 0 Å². The first-order valence-electron chi connectivity index (χ1n) is 5.52. The van der Waals surface area contributed by atoms with Gasteiger partial charge in [0.2, 0.25) is 5.76 Å². The minimum absolute atomic E-state index is 0.682. The molecule has 0 saturated carbocycles. The van der Waals surface area contributed by atoms with Gasteiger partial charge < -0.3 is 14.3 Å². The average Bonchev–Trinajstić information content (AvgIpc) is 2.87. The minimum Gasteiger partial charge on any atom is -0.458 e. The van der Waals surface area contributed by atoms with Crippen LogP contribution in [-0.4, -0.2) is 11.7 Å². The van der Waals surface area contributed by atoms with E-state index in [1.54, 1.807) is 0 Å². The van der Waals surface area contributed by atoms with Crippen molar-refractivity contribution in [3.63, 3.8) is 0 Å². The minimum atomic E-state index is 0.682. The van der Waals surface area contributed by atoms with Crippen LogP contribution < -0.4 is 5.32 Å². The van der Waals surface area contributed by atoms with Crippen molar-refractivity contribution in [2.24, 2.45) is 0 Å². The normalized spacial score (nSPS) is 10.9. The predicted octanol–water partition coefficient (Wildman–Crippen LogP) is 2.74. The van der Waals surface area contributed by atoms with Crippen LogP contribution in [0.25, 0.3) is 11.5 Å². The molecule has 0 fully saturated rings. The van der Waals surface area contributed by atoms with Crippen LogP contribution in [0.4, 0.5) is 0 Å². The SMILES string of the molecule is CCCNCc1cc(-c2ccc(C)o2)on1. The smallest absolute Gasteiger partial charge is 0.202 e. The number of aromatic nitrogens is 1. The van der Waals surface area contributed by atoms with E-state index in [1.807, 2.05) is 25.1 Å². The summed E-state index contributed by atoms with van der Waals surface area (Å²) < 4.78 is 10.7. The van der Waals surface area contributed by atoms with E-state index in [4.69, 9.17) is 8.94 Å². The predicted molar refractivity (Wildman–Crippen MR) is 60.9 cm³/mol. The van der Waals surface area contributed by atoms with E-state index in [0.717, 1.165) is 36.7 Å². The van der Waals surface area contributed by atoms with Crippen LogP contribution in [0, 0.1) is 6.92 Å². The third kappa shape index (κ3) is 2.52. The van der Waals surface area contributed by atoms with Gasteiger partial charge in [-0.15, -0.1) is 0 Å². The molecule has 0 spiro atoms. The number of hydrogen-bond acceptors (Lipinski definition) is 4. The van der Waals surface area contributed by atoms with Crippen LogP contribution in [0.1, 0.15) is 24.8 Å². The highest BCUT2D eigenvalue weighted by Gasteiger charge is 2.09. The van der Waals surface area contributed by atoms with Gasteiger partial charge in [-0.2, -0.15) is 0 Å². The van der Waals surface area contributed by atoms with E-state index in [0.29, 0.717) is 5.76 Å². The van der Waals surface area contributed by atoms with Gasteiger partial charge in [-0.25, -0.2) is 0 Å². The molecule has 2 rings (SSSR count). The Morgan fingerprint density at radius 3 is 2.88 bits per heavy atom. The van der Waals surface area contributed by atoms with E-state index in [-0.39, 0.29) is 0 Å². The summed E-state index contributed by atoms with van der Waals surface area (Å²) in [6.07, 6.45) is 1.11. The van der Waals surface area contributed by atoms with Crippen molar-refractivity contribution in [3.8, 4) is 11.5 Å². The molecule has 0 unspecified atom stereocenters. The van der Waals surface area contributed by atoms with E-state index in [9.17, 15) is 0 Å². The van der Waals surface area contributed by atoms with Crippen molar-refractivity contribution in [2.45, 2.75) is 26.8 Å². The maximum absolute atomic E-state index is 5.45. The van der Waals surface area contributed by atoms with Gasteiger partial charge in [0.1, 0.15) is 5.76 Å². The van der Waals surface area contributed by atoms with Gasteiger partial charge in [-0.05, 0) is 32.0 Å². The number of furan rings is 1. The molecule has 0 bridgehead atoms. The third-order valence-corrected chi connectivity index (χ3v) is 2.28. The van der Waals surface area contributed by atoms with Crippen LogP contribution in [0.3, 0.4) is 0 Å². The first-order chi connectivity index (χ1) is 7.79. The summed E-state index contributed by atoms with van der Waals surface area (Å²) in [5, 5.41) is 7.24. The summed E-state index contributed by atoms with van der Waals surface area (Å²) in [6.45, 7) is 5.76. The molecule has 1 N–H and O–H groups in total. The highest BCUT2D eigenvalue weighted by molar-refractivity contribution is 5.50. The Bertz CT molecular complexity index is 445. The summed E-state index contributed by atoms with van der Waals surface area (Å²) in [4.78, 5) is 0. The van der Waals surface area contributed by atoms with E-state index < -0.39 is 0 Å². The lowest BCUT2D eigenvalue weighted by Crippen LogP contribution is -2.13. The van der Waals surface area contributed by atoms with Crippen molar-refractivity contribution >= 4 is 0 Å². The fraction of sp³-hybridized carbons (Fsp3) is 0.417. The second-order valence-electron chi connectivity index (χ2n) is 3.77. The highest BCUT2D eigenvalue weighted by Crippen LogP contribution is 2.22. The zero-order valence-corrected chi connectivity index (χ0v) is 9.62. The third-order valence-electron chi connectivity index (χ3n) is 2.28. The van der Waals surface area contributed by atoms with Gasteiger partial charge in [0.15, 0.2) is 5.76 Å². The topological polar surface area (TPSA) is 51.2 Å². The standard InChI is InChI=1S/C12H16N2O2/c1-3-6-13-8-10-7-12(16-14-10)11-5-4-9(2)15-11/h4-5,7,13H,3,6,8H2,1-2H3. The van der Waals surface area contributed by atoms with Crippen LogP contribution in [0.2, 0.25) is 0 Å². The van der Waals surface area contributed by atoms with Gasteiger partial charge in [0.25, 0.3) is 0 Å². The maximum Gasteiger partial charge on any atom is 0.202 e. The summed E-state index contributed by atoms with van der Waals surface area (Å²) in [5.74, 6) is 2.28. The molecule has 0 aliphatic heterocycles. The van der Waals surface area contributed by atoms with Crippen LogP contribution in [-0.2, 0) is 6.54 Å². The largest absolute Gasteiger partial charge is 0.458 e. The van der Waals surface area contributed by atoms with Gasteiger partial charge in [0.05, 0.1) is 5.69 Å². The number of hydrogen-bond donors (Lipinski definition) is 1. The number of rotatable bonds is 5. The van der Waals surface area contributed by atoms with E-state index >= 15 is 0 Å². The lowest BCUT2D eigenvalue weighted by molar-refractivity contribution is 0.405. The zero-order chi connectivity index (χ0) is 11.4. The molecule has 0 radical (unpaired) electrons. The lowest BCUT2D eigenvalue weighted by Gasteiger charge is -1.96. The zero-order valence-electron chi connectivity index (χ0n) is 9.62. The van der Waals surface area contributed by atoms with Crippen LogP contribution in [0.15, 0.2) is 27.1 Å². The maximum atomic E-state index is 5.45. The Morgan fingerprint density at radius 2 is 2.19 bits per heavy atom. The molecule has 0 aromatic carbocycles. The molecule has 86 valence electrons. The molecule has 0 atom stereocenters. The lowest BCUT2D eigenvalue weighted by atomic mass is 10.3. The fourth-order valence-electron chi connectivity index (χ4n) is 1.47. The first-order valence-corrected chi connectivity index (χ1v) is 5.52. The Kier molecular flexibility index (Phi) is 3.41. The molecule has 0 aliphatic rings. The molecular weight excluding hydrogens is 204 g/mol. The quantitative estimate of drug-likeness (QED) is 0.787. The van der Waals surface area contributed by atoms with Crippen molar-refractivity contribution < 1.29 is 8.94 Å². The average molecular weight is 220 g/mol. The Hall–Kier alpha value is -1.55. The first kappa shape index (κ1) is 11.0. The Labute approximate surface area is 94.6 Å². The van der Waals surface area contributed by atoms with Gasteiger partial charge in [0, 0.05) is 12.6 Å². The number of nitrogens with one attached hydrogen (secondary N) is 1. The summed E-state index contributed by atoms with van der Waals surface area (Å²) in [5.41, 5.74) is 0.900. The van der Waals surface area contributed by atoms with Gasteiger partial charge >= 0.3 is 0 Å². The summed E-state index contributed by atoms with van der Waals surface area (Å²) >= 11 is 0. The van der Waals surface area contributed by atoms with Crippen LogP contribution >= 0.6 is 0 Å². The number of nitrogens with zero attached hydrogens (tertiary/aromatic N) is 1. The summed E-state index contributed by atoms with van der Waals surface area (Å²) in [6, 6.07) is 5.70. The summed E-state index contributed by atoms with van der Waals surface area (Å²) in [7, 11) is 0. The highest BCUT2D eigenvalue weighted by atomic mass is 16.5. The van der Waals surface area contributed by atoms with Crippen molar-refractivity contribution in [2.75, 3.05) is 6.54 Å². The molecule has 2 heterocycles. The molecule has 4 heteroatoms.